The monoisotopic (exact) mass is 514 g/mol. The van der Waals surface area contributed by atoms with Crippen LogP contribution < -0.4 is 10.6 Å². The van der Waals surface area contributed by atoms with E-state index in [1.54, 1.807) is 12.1 Å². The Morgan fingerprint density at radius 2 is 1.93 bits per heavy atom. The smallest absolute Gasteiger partial charge is 0.269 e. The summed E-state index contributed by atoms with van der Waals surface area (Å²) in [5.74, 6) is 1.25. The summed E-state index contributed by atoms with van der Waals surface area (Å²) in [5.41, 5.74) is 3.23. The van der Waals surface area contributed by atoms with Gasteiger partial charge in [-0.1, -0.05) is 26.0 Å². The van der Waals surface area contributed by atoms with Gasteiger partial charge in [-0.3, -0.25) is 14.8 Å². The van der Waals surface area contributed by atoms with Crippen LogP contribution in [0.3, 0.4) is 0 Å². The van der Waals surface area contributed by atoms with Crippen LogP contribution in [0.1, 0.15) is 37.2 Å². The first-order valence-corrected chi connectivity index (χ1v) is 9.61. The molecule has 0 saturated carbocycles. The van der Waals surface area contributed by atoms with Crippen molar-refractivity contribution in [3.8, 4) is 0 Å². The van der Waals surface area contributed by atoms with E-state index in [1.165, 1.54) is 17.8 Å². The third kappa shape index (κ3) is 8.80. The zero-order valence-electron chi connectivity index (χ0n) is 17.5. The predicted octanol–water partition coefficient (Wildman–Crippen LogP) is 3.81. The van der Waals surface area contributed by atoms with Gasteiger partial charge in [0.05, 0.1) is 17.2 Å². The molecule has 1 aromatic heterocycles. The summed E-state index contributed by atoms with van der Waals surface area (Å²) in [4.78, 5) is 15.0. The second-order valence-corrected chi connectivity index (χ2v) is 7.29. The number of aryl methyl sites for hydroxylation is 3. The average Bonchev–Trinajstić information content (AvgIpc) is 2.97. The Kier molecular flexibility index (Phi) is 10.6. The standard InChI is InChI=1S/C20H30N6O2.HI/c1-15(2)13-22-20(21-10-5-11-25-17(4)12-16(3)24-25)23-14-18-6-8-19(9-7-18)26(27)28;/h6-9,12,15H,5,10-11,13-14H2,1-4H3,(H2,21,22,23);1H. The Balaban J connectivity index is 0.00000420. The molecule has 0 spiro atoms. The number of rotatable bonds is 9. The first kappa shape index (κ1) is 24.9. The minimum absolute atomic E-state index is 0. The average molecular weight is 514 g/mol. The molecule has 8 nitrogen and oxygen atoms in total. The number of aliphatic imine (C=N–C) groups is 1. The van der Waals surface area contributed by atoms with Gasteiger partial charge in [0.25, 0.3) is 5.69 Å². The number of hydrogen-bond donors (Lipinski definition) is 2. The zero-order valence-corrected chi connectivity index (χ0v) is 19.8. The molecular formula is C20H31IN6O2. The lowest BCUT2D eigenvalue weighted by Gasteiger charge is -2.14. The fourth-order valence-electron chi connectivity index (χ4n) is 2.71. The van der Waals surface area contributed by atoms with Gasteiger partial charge < -0.3 is 10.6 Å². The number of benzene rings is 1. The highest BCUT2D eigenvalue weighted by molar-refractivity contribution is 14.0. The molecule has 0 fully saturated rings. The summed E-state index contributed by atoms with van der Waals surface area (Å²) in [6, 6.07) is 8.57. The van der Waals surface area contributed by atoms with Gasteiger partial charge in [0.2, 0.25) is 0 Å². The van der Waals surface area contributed by atoms with E-state index >= 15 is 0 Å². The van der Waals surface area contributed by atoms with Crippen molar-refractivity contribution in [3.05, 3.63) is 57.4 Å². The molecule has 0 saturated heterocycles. The van der Waals surface area contributed by atoms with Crippen molar-refractivity contribution in [2.45, 2.75) is 47.2 Å². The summed E-state index contributed by atoms with van der Waals surface area (Å²) in [7, 11) is 0. The van der Waals surface area contributed by atoms with Crippen LogP contribution in [0, 0.1) is 29.9 Å². The number of nitrogens with one attached hydrogen (secondary N) is 2. The van der Waals surface area contributed by atoms with Crippen LogP contribution in [0.25, 0.3) is 0 Å². The summed E-state index contributed by atoms with van der Waals surface area (Å²) < 4.78 is 2.02. The molecule has 1 aromatic carbocycles. The minimum atomic E-state index is -0.396. The highest BCUT2D eigenvalue weighted by Gasteiger charge is 2.05. The van der Waals surface area contributed by atoms with Crippen molar-refractivity contribution in [3.63, 3.8) is 0 Å². The molecule has 0 bridgehead atoms. The Morgan fingerprint density at radius 1 is 1.24 bits per heavy atom. The van der Waals surface area contributed by atoms with E-state index in [1.807, 2.05) is 11.6 Å². The fourth-order valence-corrected chi connectivity index (χ4v) is 2.71. The largest absolute Gasteiger partial charge is 0.356 e. The Bertz CT molecular complexity index is 802. The van der Waals surface area contributed by atoms with E-state index in [0.29, 0.717) is 12.5 Å². The van der Waals surface area contributed by atoms with Crippen LogP contribution in [0.4, 0.5) is 5.69 Å². The normalized spacial score (nSPS) is 11.3. The number of guanidine groups is 1. The van der Waals surface area contributed by atoms with Crippen LogP contribution >= 0.6 is 24.0 Å². The molecule has 160 valence electrons. The number of nitro benzene ring substituents is 1. The van der Waals surface area contributed by atoms with E-state index in [0.717, 1.165) is 43.3 Å². The van der Waals surface area contributed by atoms with Crippen LogP contribution in [0.2, 0.25) is 0 Å². The number of nitro groups is 1. The van der Waals surface area contributed by atoms with E-state index in [9.17, 15) is 10.1 Å². The summed E-state index contributed by atoms with van der Waals surface area (Å²) in [6.07, 6.45) is 0.932. The molecule has 2 aromatic rings. The molecule has 29 heavy (non-hydrogen) atoms. The van der Waals surface area contributed by atoms with Gasteiger partial charge >= 0.3 is 0 Å². The van der Waals surface area contributed by atoms with Gasteiger partial charge in [0, 0.05) is 37.5 Å². The molecule has 2 N–H and O–H groups in total. The van der Waals surface area contributed by atoms with E-state index in [2.05, 4.69) is 47.6 Å². The Hall–Kier alpha value is -2.17. The number of halogens is 1. The van der Waals surface area contributed by atoms with Crippen LogP contribution in [0.15, 0.2) is 35.3 Å². The fraction of sp³-hybridized carbons (Fsp3) is 0.500. The molecule has 0 radical (unpaired) electrons. The Morgan fingerprint density at radius 3 is 2.48 bits per heavy atom. The molecule has 0 unspecified atom stereocenters. The van der Waals surface area contributed by atoms with E-state index in [4.69, 9.17) is 0 Å². The maximum absolute atomic E-state index is 10.8. The minimum Gasteiger partial charge on any atom is -0.356 e. The number of aromatic nitrogens is 2. The van der Waals surface area contributed by atoms with Crippen molar-refractivity contribution in [1.82, 2.24) is 20.4 Å². The second-order valence-electron chi connectivity index (χ2n) is 7.29. The van der Waals surface area contributed by atoms with Crippen molar-refractivity contribution in [1.29, 1.82) is 0 Å². The van der Waals surface area contributed by atoms with Crippen LogP contribution in [-0.4, -0.2) is 33.8 Å². The lowest BCUT2D eigenvalue weighted by atomic mass is 10.2. The lowest BCUT2D eigenvalue weighted by Crippen LogP contribution is -2.39. The number of hydrogen-bond acceptors (Lipinski definition) is 4. The molecule has 0 aliphatic heterocycles. The molecule has 0 amide bonds. The maximum atomic E-state index is 10.8. The molecule has 1 heterocycles. The third-order valence-corrected chi connectivity index (χ3v) is 4.19. The van der Waals surface area contributed by atoms with Gasteiger partial charge in [-0.25, -0.2) is 4.99 Å². The second kappa shape index (κ2) is 12.4. The van der Waals surface area contributed by atoms with Gasteiger partial charge in [-0.2, -0.15) is 5.10 Å². The predicted molar refractivity (Wildman–Crippen MR) is 127 cm³/mol. The number of nitrogens with zero attached hydrogens (tertiary/aromatic N) is 4. The Labute approximate surface area is 189 Å². The van der Waals surface area contributed by atoms with Gasteiger partial charge in [-0.15, -0.1) is 24.0 Å². The molecule has 9 heteroatoms. The SMILES string of the molecule is Cc1cc(C)n(CCCNC(=NCc2ccc([N+](=O)[O-])cc2)NCC(C)C)n1.I. The third-order valence-electron chi connectivity index (χ3n) is 4.19. The molecule has 0 atom stereocenters. The van der Waals surface area contributed by atoms with Crippen LogP contribution in [-0.2, 0) is 13.1 Å². The molecular weight excluding hydrogens is 483 g/mol. The topological polar surface area (TPSA) is 97.4 Å². The quantitative estimate of drug-likeness (QED) is 0.133. The van der Waals surface area contributed by atoms with Gasteiger partial charge in [0.1, 0.15) is 0 Å². The highest BCUT2D eigenvalue weighted by Crippen LogP contribution is 2.12. The maximum Gasteiger partial charge on any atom is 0.269 e. The van der Waals surface area contributed by atoms with E-state index in [-0.39, 0.29) is 29.7 Å². The summed E-state index contributed by atoms with van der Waals surface area (Å²) in [6.45, 7) is 11.3. The number of non-ortho nitro benzene ring substituents is 1. The van der Waals surface area contributed by atoms with Crippen molar-refractivity contribution in [2.24, 2.45) is 10.9 Å². The zero-order chi connectivity index (χ0) is 20.5. The summed E-state index contributed by atoms with van der Waals surface area (Å²) in [5, 5.41) is 21.9. The van der Waals surface area contributed by atoms with Crippen molar-refractivity contribution in [2.75, 3.05) is 13.1 Å². The first-order valence-electron chi connectivity index (χ1n) is 9.61. The van der Waals surface area contributed by atoms with Crippen molar-refractivity contribution < 1.29 is 4.92 Å². The molecule has 0 aliphatic carbocycles. The first-order chi connectivity index (χ1) is 13.3. The molecule has 2 rings (SSSR count). The summed E-state index contributed by atoms with van der Waals surface area (Å²) >= 11 is 0. The van der Waals surface area contributed by atoms with Gasteiger partial charge in [-0.05, 0) is 37.8 Å². The molecule has 0 aliphatic rings. The highest BCUT2D eigenvalue weighted by atomic mass is 127. The lowest BCUT2D eigenvalue weighted by molar-refractivity contribution is -0.384. The van der Waals surface area contributed by atoms with E-state index < -0.39 is 4.92 Å². The van der Waals surface area contributed by atoms with Gasteiger partial charge in [0.15, 0.2) is 5.96 Å². The van der Waals surface area contributed by atoms with Crippen LogP contribution in [0.5, 0.6) is 0 Å². The van der Waals surface area contributed by atoms with Crippen molar-refractivity contribution >= 4 is 35.6 Å².